The van der Waals surface area contributed by atoms with Crippen LogP contribution in [-0.2, 0) is 14.3 Å². The van der Waals surface area contributed by atoms with Crippen molar-refractivity contribution in [1.82, 2.24) is 0 Å². The van der Waals surface area contributed by atoms with Crippen molar-refractivity contribution >= 4 is 10.1 Å². The number of aliphatic hydroxyl groups excluding tert-OH is 1. The molecule has 1 N–H and O–H groups in total. The molecule has 0 amide bonds. The van der Waals surface area contributed by atoms with Gasteiger partial charge in [-0.2, -0.15) is 8.42 Å². The molecule has 1 aromatic rings. The van der Waals surface area contributed by atoms with E-state index in [1.54, 1.807) is 12.1 Å². The Hall–Kier alpha value is -0.910. The van der Waals surface area contributed by atoms with Gasteiger partial charge >= 0.3 is 0 Å². The first-order valence-electron chi connectivity index (χ1n) is 5.60. The fourth-order valence-electron chi connectivity index (χ4n) is 1.43. The molecule has 0 bridgehead atoms. The normalized spacial score (nSPS) is 13.6. The summed E-state index contributed by atoms with van der Waals surface area (Å²) in [6.07, 6.45) is 0.613. The predicted molar refractivity (Wildman–Crippen MR) is 65.2 cm³/mol. The second kappa shape index (κ2) is 6.14. The van der Waals surface area contributed by atoms with Crippen LogP contribution in [0.2, 0.25) is 0 Å². The van der Waals surface area contributed by atoms with Crippen LogP contribution >= 0.6 is 0 Å². The molecule has 1 rings (SSSR count). The lowest BCUT2D eigenvalue weighted by atomic mass is 10.2. The van der Waals surface area contributed by atoms with Crippen molar-refractivity contribution < 1.29 is 17.7 Å². The van der Waals surface area contributed by atoms with Crippen LogP contribution in [-0.4, -0.2) is 26.2 Å². The number of aryl methyl sites for hydroxylation is 1. The summed E-state index contributed by atoms with van der Waals surface area (Å²) in [5, 5.41) is 9.02. The highest BCUT2D eigenvalue weighted by Crippen LogP contribution is 2.16. The first-order valence-corrected chi connectivity index (χ1v) is 7.01. The minimum absolute atomic E-state index is 0.123. The Bertz CT molecular complexity index is 436. The van der Waals surface area contributed by atoms with Crippen molar-refractivity contribution in [2.24, 2.45) is 0 Å². The Morgan fingerprint density at radius 2 is 1.88 bits per heavy atom. The Labute approximate surface area is 102 Å². The van der Waals surface area contributed by atoms with Crippen molar-refractivity contribution in [3.8, 4) is 0 Å². The quantitative estimate of drug-likeness (QED) is 0.791. The second-order valence-electron chi connectivity index (χ2n) is 3.96. The minimum Gasteiger partial charge on any atom is -0.394 e. The van der Waals surface area contributed by atoms with E-state index in [1.807, 2.05) is 13.8 Å². The molecule has 1 atom stereocenters. The Morgan fingerprint density at radius 3 is 2.35 bits per heavy atom. The van der Waals surface area contributed by atoms with Crippen LogP contribution < -0.4 is 0 Å². The van der Waals surface area contributed by atoms with Gasteiger partial charge in [0.25, 0.3) is 10.1 Å². The molecule has 0 heterocycles. The molecule has 0 saturated heterocycles. The van der Waals surface area contributed by atoms with Crippen molar-refractivity contribution in [1.29, 1.82) is 0 Å². The highest BCUT2D eigenvalue weighted by molar-refractivity contribution is 7.86. The van der Waals surface area contributed by atoms with Crippen LogP contribution in [0.5, 0.6) is 0 Å². The Balaban J connectivity index is 2.84. The van der Waals surface area contributed by atoms with Gasteiger partial charge in [-0.05, 0) is 25.5 Å². The van der Waals surface area contributed by atoms with Crippen molar-refractivity contribution in [2.45, 2.75) is 37.7 Å². The van der Waals surface area contributed by atoms with Crippen LogP contribution in [0, 0.1) is 6.92 Å². The molecule has 0 aromatic heterocycles. The summed E-state index contributed by atoms with van der Waals surface area (Å²) in [5.41, 5.74) is 0.983. The average molecular weight is 258 g/mol. The number of rotatable bonds is 6. The van der Waals surface area contributed by atoms with Crippen LogP contribution in [0.1, 0.15) is 25.3 Å². The Morgan fingerprint density at radius 1 is 1.29 bits per heavy atom. The second-order valence-corrected chi connectivity index (χ2v) is 5.53. The van der Waals surface area contributed by atoms with Gasteiger partial charge in [0.1, 0.15) is 6.10 Å². The van der Waals surface area contributed by atoms with Gasteiger partial charge in [-0.15, -0.1) is 0 Å². The smallest absolute Gasteiger partial charge is 0.297 e. The maximum Gasteiger partial charge on any atom is 0.297 e. The van der Waals surface area contributed by atoms with Crippen LogP contribution in [0.25, 0.3) is 0 Å². The van der Waals surface area contributed by atoms with E-state index in [0.29, 0.717) is 6.42 Å². The molecule has 0 unspecified atom stereocenters. The summed E-state index contributed by atoms with van der Waals surface area (Å²) in [6.45, 7) is 3.49. The lowest BCUT2D eigenvalue weighted by Gasteiger charge is -2.14. The molecule has 0 fully saturated rings. The van der Waals surface area contributed by atoms with Gasteiger partial charge in [-0.1, -0.05) is 31.0 Å². The van der Waals surface area contributed by atoms with Gasteiger partial charge in [0.2, 0.25) is 0 Å². The van der Waals surface area contributed by atoms with E-state index in [-0.39, 0.29) is 11.5 Å². The van der Waals surface area contributed by atoms with Gasteiger partial charge in [-0.3, -0.25) is 4.18 Å². The molecule has 4 nitrogen and oxygen atoms in total. The van der Waals surface area contributed by atoms with Crippen LogP contribution in [0.4, 0.5) is 0 Å². The molecule has 96 valence electrons. The summed E-state index contributed by atoms with van der Waals surface area (Å²) >= 11 is 0. The highest BCUT2D eigenvalue weighted by Gasteiger charge is 2.20. The van der Waals surface area contributed by atoms with Crippen LogP contribution in [0.15, 0.2) is 29.2 Å². The zero-order valence-electron chi connectivity index (χ0n) is 10.1. The lowest BCUT2D eigenvalue weighted by molar-refractivity contribution is 0.113. The van der Waals surface area contributed by atoms with E-state index in [1.165, 1.54) is 12.1 Å². The summed E-state index contributed by atoms with van der Waals surface area (Å²) in [5.74, 6) is 0. The Kier molecular flexibility index (Phi) is 5.11. The molecular weight excluding hydrogens is 240 g/mol. The van der Waals surface area contributed by atoms with Gasteiger partial charge in [0.05, 0.1) is 11.5 Å². The molecule has 0 aliphatic carbocycles. The fourth-order valence-corrected chi connectivity index (χ4v) is 2.53. The average Bonchev–Trinajstić information content (AvgIpc) is 2.28. The minimum atomic E-state index is -3.77. The number of benzene rings is 1. The molecule has 5 heteroatoms. The molecule has 1 aromatic carbocycles. The number of aliphatic hydroxyl groups is 1. The molecule has 0 spiro atoms. The summed E-state index contributed by atoms with van der Waals surface area (Å²) in [6, 6.07) is 6.43. The van der Waals surface area contributed by atoms with Crippen molar-refractivity contribution in [3.63, 3.8) is 0 Å². The number of hydrogen-bond acceptors (Lipinski definition) is 4. The monoisotopic (exact) mass is 258 g/mol. The first kappa shape index (κ1) is 14.2. The van der Waals surface area contributed by atoms with E-state index in [9.17, 15) is 8.42 Å². The van der Waals surface area contributed by atoms with Gasteiger partial charge < -0.3 is 5.11 Å². The van der Waals surface area contributed by atoms with Gasteiger partial charge in [-0.25, -0.2) is 0 Å². The van der Waals surface area contributed by atoms with E-state index in [0.717, 1.165) is 12.0 Å². The zero-order valence-corrected chi connectivity index (χ0v) is 10.9. The summed E-state index contributed by atoms with van der Waals surface area (Å²) in [7, 11) is -3.77. The molecule has 0 aliphatic heterocycles. The third kappa shape index (κ3) is 4.11. The molecule has 17 heavy (non-hydrogen) atoms. The van der Waals surface area contributed by atoms with Crippen molar-refractivity contribution in [3.05, 3.63) is 29.8 Å². The third-order valence-corrected chi connectivity index (χ3v) is 3.76. The number of hydrogen-bond donors (Lipinski definition) is 1. The fraction of sp³-hybridized carbons (Fsp3) is 0.500. The largest absolute Gasteiger partial charge is 0.394 e. The van der Waals surface area contributed by atoms with Gasteiger partial charge in [0, 0.05) is 0 Å². The van der Waals surface area contributed by atoms with E-state index >= 15 is 0 Å². The summed E-state index contributed by atoms with van der Waals surface area (Å²) in [4.78, 5) is 0.123. The molecule has 0 radical (unpaired) electrons. The molecule has 0 aliphatic rings. The third-order valence-electron chi connectivity index (χ3n) is 2.39. The van der Waals surface area contributed by atoms with Crippen LogP contribution in [0.3, 0.4) is 0 Å². The predicted octanol–water partition coefficient (Wildman–Crippen LogP) is 1.86. The van der Waals surface area contributed by atoms with Gasteiger partial charge in [0.15, 0.2) is 0 Å². The van der Waals surface area contributed by atoms with E-state index in [4.69, 9.17) is 9.29 Å². The molecular formula is C12H18O4S. The topological polar surface area (TPSA) is 63.6 Å². The standard InChI is InChI=1S/C12H18O4S/c1-3-4-11(9-13)16-17(14,15)12-7-5-10(2)6-8-12/h5-8,11,13H,3-4,9H2,1-2H3/t11-/m0/s1. The van der Waals surface area contributed by atoms with E-state index < -0.39 is 16.2 Å². The maximum absolute atomic E-state index is 11.9. The first-order chi connectivity index (χ1) is 7.99. The zero-order chi connectivity index (χ0) is 12.9. The molecule has 0 saturated carbocycles. The maximum atomic E-state index is 11.9. The van der Waals surface area contributed by atoms with Crippen molar-refractivity contribution in [2.75, 3.05) is 6.61 Å². The SMILES string of the molecule is CCC[C@@H](CO)OS(=O)(=O)c1ccc(C)cc1. The summed E-state index contributed by atoms with van der Waals surface area (Å²) < 4.78 is 28.7. The lowest BCUT2D eigenvalue weighted by Crippen LogP contribution is -2.22. The highest BCUT2D eigenvalue weighted by atomic mass is 32.2. The van der Waals surface area contributed by atoms with E-state index in [2.05, 4.69) is 0 Å².